The summed E-state index contributed by atoms with van der Waals surface area (Å²) in [6.45, 7) is 4.39. The van der Waals surface area contributed by atoms with Crippen molar-refractivity contribution >= 4 is 24.5 Å². The van der Waals surface area contributed by atoms with Gasteiger partial charge in [-0.3, -0.25) is 4.57 Å². The molecular weight excluding hydrogens is 311 g/mol. The van der Waals surface area contributed by atoms with Gasteiger partial charge < -0.3 is 4.52 Å². The second kappa shape index (κ2) is 11.2. The van der Waals surface area contributed by atoms with E-state index in [0.717, 1.165) is 37.0 Å². The topological polar surface area (TPSA) is 26.3 Å². The van der Waals surface area contributed by atoms with Gasteiger partial charge in [-0.25, -0.2) is 0 Å². The summed E-state index contributed by atoms with van der Waals surface area (Å²) in [5.41, 5.74) is 0. The van der Waals surface area contributed by atoms with Gasteiger partial charge in [0, 0.05) is 18.7 Å². The maximum atomic E-state index is 13.2. The Morgan fingerprint density at radius 1 is 1.05 bits per heavy atom. The lowest BCUT2D eigenvalue weighted by molar-refractivity contribution is 0.417. The van der Waals surface area contributed by atoms with Crippen LogP contribution in [-0.4, -0.2) is 17.2 Å². The van der Waals surface area contributed by atoms with E-state index in [1.54, 1.807) is 0 Å². The van der Waals surface area contributed by atoms with E-state index in [-0.39, 0.29) is 0 Å². The molecule has 0 saturated heterocycles. The summed E-state index contributed by atoms with van der Waals surface area (Å²) in [4.78, 5) is 0.782. The highest BCUT2D eigenvalue weighted by Gasteiger charge is 2.26. The molecule has 1 rings (SSSR count). The Morgan fingerprint density at radius 2 is 1.64 bits per heavy atom. The van der Waals surface area contributed by atoms with Gasteiger partial charge in [0.05, 0.1) is 4.86 Å². The zero-order valence-electron chi connectivity index (χ0n) is 14.2. The monoisotopic (exact) mass is 342 g/mol. The molecule has 0 amide bonds. The van der Waals surface area contributed by atoms with Crippen LogP contribution >= 0.6 is 19.6 Å². The summed E-state index contributed by atoms with van der Waals surface area (Å²) in [7, 11) is -2.60. The first-order valence-corrected chi connectivity index (χ1v) is 11.2. The molecule has 2 nitrogen and oxygen atoms in total. The van der Waals surface area contributed by atoms with Gasteiger partial charge in [-0.1, -0.05) is 76.7 Å². The van der Waals surface area contributed by atoms with Crippen molar-refractivity contribution in [2.45, 2.75) is 71.6 Å². The van der Waals surface area contributed by atoms with Gasteiger partial charge in [-0.2, -0.15) is 0 Å². The molecule has 1 aliphatic carbocycles. The average Bonchev–Trinajstić information content (AvgIpc) is 2.51. The van der Waals surface area contributed by atoms with Crippen LogP contribution < -0.4 is 0 Å². The molecule has 0 heterocycles. The third-order valence-electron chi connectivity index (χ3n) is 3.93. The lowest BCUT2D eigenvalue weighted by atomic mass is 10.2. The molecule has 0 radical (unpaired) electrons. The maximum Gasteiger partial charge on any atom is 0.248 e. The van der Waals surface area contributed by atoms with Crippen molar-refractivity contribution in [1.82, 2.24) is 0 Å². The molecule has 0 N–H and O–H groups in total. The fraction of sp³-hybridized carbons (Fsp3) is 0.722. The average molecular weight is 342 g/mol. The number of rotatable bonds is 12. The van der Waals surface area contributed by atoms with Gasteiger partial charge in [0.15, 0.2) is 0 Å². The van der Waals surface area contributed by atoms with Crippen LogP contribution in [0.1, 0.15) is 71.6 Å². The third kappa shape index (κ3) is 7.74. The van der Waals surface area contributed by atoms with Crippen molar-refractivity contribution in [3.8, 4) is 0 Å². The minimum absolute atomic E-state index is 0.673. The zero-order chi connectivity index (χ0) is 16.3. The van der Waals surface area contributed by atoms with Gasteiger partial charge in [0.2, 0.25) is 7.37 Å². The summed E-state index contributed by atoms with van der Waals surface area (Å²) in [5, 5.41) is 0. The molecule has 0 saturated carbocycles. The fourth-order valence-electron chi connectivity index (χ4n) is 2.55. The normalized spacial score (nSPS) is 15.0. The first-order valence-electron chi connectivity index (χ1n) is 8.79. The van der Waals surface area contributed by atoms with Crippen molar-refractivity contribution in [2.24, 2.45) is 0 Å². The Labute approximate surface area is 141 Å². The number of hydrogen-bond acceptors (Lipinski definition) is 3. The molecule has 0 aromatic rings. The predicted molar refractivity (Wildman–Crippen MR) is 101 cm³/mol. The van der Waals surface area contributed by atoms with Crippen molar-refractivity contribution in [3.63, 3.8) is 0 Å². The van der Waals surface area contributed by atoms with E-state index in [1.807, 2.05) is 18.2 Å². The number of allylic oxidation sites excluding steroid dienone is 4. The van der Waals surface area contributed by atoms with E-state index in [9.17, 15) is 4.57 Å². The van der Waals surface area contributed by atoms with Crippen LogP contribution in [0.15, 0.2) is 24.0 Å². The fourth-order valence-corrected chi connectivity index (χ4v) is 5.16. The largest absolute Gasteiger partial charge is 0.442 e. The molecule has 22 heavy (non-hydrogen) atoms. The Balaban J connectivity index is 2.59. The number of hydrogen-bond donors (Lipinski definition) is 0. The van der Waals surface area contributed by atoms with Crippen LogP contribution in [0.5, 0.6) is 0 Å². The Kier molecular flexibility index (Phi) is 9.99. The van der Waals surface area contributed by atoms with Gasteiger partial charge >= 0.3 is 0 Å². The first kappa shape index (κ1) is 19.6. The molecule has 0 unspecified atom stereocenters. The molecule has 0 aromatic carbocycles. The smallest absolute Gasteiger partial charge is 0.248 e. The first-order chi connectivity index (χ1) is 10.6. The highest BCUT2D eigenvalue weighted by Crippen LogP contribution is 2.51. The molecule has 0 aromatic heterocycles. The lowest BCUT2D eigenvalue weighted by Gasteiger charge is -2.22. The van der Waals surface area contributed by atoms with E-state index >= 15 is 0 Å². The Morgan fingerprint density at radius 3 is 2.14 bits per heavy atom. The van der Waals surface area contributed by atoms with E-state index in [2.05, 4.69) is 13.8 Å². The van der Waals surface area contributed by atoms with E-state index in [4.69, 9.17) is 16.7 Å². The van der Waals surface area contributed by atoms with Gasteiger partial charge in [0.25, 0.3) is 0 Å². The second-order valence-corrected chi connectivity index (χ2v) is 9.26. The summed E-state index contributed by atoms with van der Waals surface area (Å²) in [6, 6.07) is 0. The van der Waals surface area contributed by atoms with Gasteiger partial charge in [-0.05, 0) is 18.9 Å². The van der Waals surface area contributed by atoms with E-state index in [0.29, 0.717) is 18.1 Å². The van der Waals surface area contributed by atoms with Crippen LogP contribution in [0.4, 0.5) is 0 Å². The van der Waals surface area contributed by atoms with Crippen LogP contribution in [-0.2, 0) is 9.09 Å². The van der Waals surface area contributed by atoms with Gasteiger partial charge in [-0.15, -0.1) is 0 Å². The molecule has 0 fully saturated rings. The van der Waals surface area contributed by atoms with Crippen LogP contribution in [0, 0.1) is 0 Å². The van der Waals surface area contributed by atoms with Crippen molar-refractivity contribution < 1.29 is 9.09 Å². The van der Waals surface area contributed by atoms with Crippen molar-refractivity contribution in [3.05, 3.63) is 24.0 Å². The van der Waals surface area contributed by atoms with Crippen molar-refractivity contribution in [1.29, 1.82) is 0 Å². The minimum Gasteiger partial charge on any atom is -0.442 e. The minimum atomic E-state index is -2.60. The molecule has 0 spiro atoms. The summed E-state index contributed by atoms with van der Waals surface area (Å²) < 4.78 is 19.2. The van der Waals surface area contributed by atoms with E-state index < -0.39 is 7.37 Å². The quantitative estimate of drug-likeness (QED) is 0.225. The summed E-state index contributed by atoms with van der Waals surface area (Å²) >= 11 is 5.34. The SMILES string of the molecule is CCCCCCP(=O)(CCCCCC)OC1=CC=CCC1=S. The van der Waals surface area contributed by atoms with Crippen LogP contribution in [0.3, 0.4) is 0 Å². The molecular formula is C18H31O2PS. The van der Waals surface area contributed by atoms with Crippen molar-refractivity contribution in [2.75, 3.05) is 12.3 Å². The van der Waals surface area contributed by atoms with E-state index in [1.165, 1.54) is 25.7 Å². The van der Waals surface area contributed by atoms with Crippen LogP contribution in [0.25, 0.3) is 0 Å². The molecule has 126 valence electrons. The lowest BCUT2D eigenvalue weighted by Crippen LogP contribution is -2.08. The van der Waals surface area contributed by atoms with Gasteiger partial charge in [0.1, 0.15) is 5.76 Å². The molecule has 1 aliphatic rings. The summed E-state index contributed by atoms with van der Waals surface area (Å²) in [6.07, 6.45) is 17.0. The Bertz CT molecular complexity index is 424. The predicted octanol–water partition coefficient (Wildman–Crippen LogP) is 6.66. The maximum absolute atomic E-state index is 13.2. The Hall–Kier alpha value is -0.400. The highest BCUT2D eigenvalue weighted by molar-refractivity contribution is 7.80. The highest BCUT2D eigenvalue weighted by atomic mass is 32.1. The summed E-state index contributed by atoms with van der Waals surface area (Å²) in [5.74, 6) is 0.673. The molecule has 0 aliphatic heterocycles. The molecule has 0 bridgehead atoms. The molecule has 0 atom stereocenters. The van der Waals surface area contributed by atoms with Crippen LogP contribution in [0.2, 0.25) is 0 Å². The zero-order valence-corrected chi connectivity index (χ0v) is 15.9. The number of thiocarbonyl (C=S) groups is 1. The third-order valence-corrected chi connectivity index (χ3v) is 6.82. The molecule has 4 heteroatoms. The number of unbranched alkanes of at least 4 members (excludes halogenated alkanes) is 6. The second-order valence-electron chi connectivity index (χ2n) is 6.06. The standard InChI is InChI=1S/C18H31O2PS/c1-3-5-7-11-15-21(19,16-12-8-6-4-2)20-17-13-9-10-14-18(17)22/h9-10,13H,3-8,11-12,14-16H2,1-2H3.